The van der Waals surface area contributed by atoms with E-state index in [-0.39, 0.29) is 31.2 Å². The van der Waals surface area contributed by atoms with Crippen LogP contribution in [0.1, 0.15) is 28.9 Å². The number of ether oxygens (including phenoxy) is 2. The number of carbonyl (C=O) groups is 2. The van der Waals surface area contributed by atoms with Crippen molar-refractivity contribution in [3.05, 3.63) is 82.9 Å². The van der Waals surface area contributed by atoms with Crippen molar-refractivity contribution < 1.29 is 19.1 Å². The van der Waals surface area contributed by atoms with Gasteiger partial charge in [0.15, 0.2) is 11.5 Å². The van der Waals surface area contributed by atoms with Crippen molar-refractivity contribution in [1.82, 2.24) is 5.32 Å². The molecular weight excluding hydrogens is 430 g/mol. The monoisotopic (exact) mass is 451 g/mol. The number of para-hydroxylation sites is 1. The summed E-state index contributed by atoms with van der Waals surface area (Å²) in [7, 11) is 0. The molecule has 7 nitrogen and oxygen atoms in total. The Morgan fingerprint density at radius 1 is 0.969 bits per heavy atom. The number of nitrogens with one attached hydrogen (secondary N) is 3. The fourth-order valence-electron chi connectivity index (χ4n) is 3.30. The third-order valence-corrected chi connectivity index (χ3v) is 5.23. The van der Waals surface area contributed by atoms with Crippen molar-refractivity contribution in [2.75, 3.05) is 24.0 Å². The molecule has 3 aromatic rings. The topological polar surface area (TPSA) is 88.7 Å². The number of fused-ring (bicyclic) bond motifs is 1. The van der Waals surface area contributed by atoms with Crippen LogP contribution in [0.5, 0.6) is 11.5 Å². The number of carbonyl (C=O) groups excluding carboxylic acids is 2. The zero-order chi connectivity index (χ0) is 22.5. The molecule has 1 aliphatic heterocycles. The predicted octanol–water partition coefficient (Wildman–Crippen LogP) is 4.61. The van der Waals surface area contributed by atoms with E-state index >= 15 is 0 Å². The summed E-state index contributed by atoms with van der Waals surface area (Å²) >= 11 is 6.03. The fraction of sp³-hybridized carbons (Fsp3) is 0.167. The Hall–Kier alpha value is -3.55. The number of hydrogen-bond acceptors (Lipinski definition) is 5. The lowest BCUT2D eigenvalue weighted by Crippen LogP contribution is -2.30. The van der Waals surface area contributed by atoms with Gasteiger partial charge in [-0.15, -0.1) is 0 Å². The summed E-state index contributed by atoms with van der Waals surface area (Å²) in [4.78, 5) is 25.4. The molecule has 3 N–H and O–H groups in total. The SMILES string of the molecule is CC(NCC(=O)Nc1ccccc1C(=O)Nc1ccc2c(c1)OCO2)c1cccc(Cl)c1. The summed E-state index contributed by atoms with van der Waals surface area (Å²) in [6.45, 7) is 2.18. The van der Waals surface area contributed by atoms with E-state index in [0.29, 0.717) is 33.5 Å². The lowest BCUT2D eigenvalue weighted by molar-refractivity contribution is -0.115. The average molecular weight is 452 g/mol. The van der Waals surface area contributed by atoms with Crippen LogP contribution in [0.4, 0.5) is 11.4 Å². The van der Waals surface area contributed by atoms with Crippen molar-refractivity contribution in [1.29, 1.82) is 0 Å². The molecule has 1 aliphatic rings. The molecule has 0 saturated heterocycles. The predicted molar refractivity (Wildman–Crippen MR) is 123 cm³/mol. The Bertz CT molecular complexity index is 1150. The van der Waals surface area contributed by atoms with Crippen LogP contribution in [-0.2, 0) is 4.79 Å². The van der Waals surface area contributed by atoms with E-state index < -0.39 is 0 Å². The molecule has 0 spiro atoms. The summed E-state index contributed by atoms with van der Waals surface area (Å²) in [5, 5.41) is 9.43. The maximum Gasteiger partial charge on any atom is 0.257 e. The van der Waals surface area contributed by atoms with Crippen molar-refractivity contribution in [3.63, 3.8) is 0 Å². The molecule has 0 bridgehead atoms. The molecule has 1 heterocycles. The smallest absolute Gasteiger partial charge is 0.257 e. The highest BCUT2D eigenvalue weighted by Gasteiger charge is 2.17. The maximum atomic E-state index is 12.8. The van der Waals surface area contributed by atoms with Gasteiger partial charge in [-0.1, -0.05) is 35.9 Å². The second kappa shape index (κ2) is 9.72. The number of rotatable bonds is 7. The third kappa shape index (κ3) is 5.19. The molecule has 164 valence electrons. The van der Waals surface area contributed by atoms with Crippen LogP contribution in [0.15, 0.2) is 66.7 Å². The summed E-state index contributed by atoms with van der Waals surface area (Å²) in [5.74, 6) is 0.599. The molecule has 2 amide bonds. The van der Waals surface area contributed by atoms with Crippen molar-refractivity contribution >= 4 is 34.8 Å². The lowest BCUT2D eigenvalue weighted by atomic mass is 10.1. The van der Waals surface area contributed by atoms with E-state index in [4.69, 9.17) is 21.1 Å². The van der Waals surface area contributed by atoms with E-state index in [0.717, 1.165) is 5.56 Å². The minimum atomic E-state index is -0.347. The Morgan fingerprint density at radius 2 is 1.78 bits per heavy atom. The molecule has 8 heteroatoms. The second-order valence-corrected chi connectivity index (χ2v) is 7.71. The van der Waals surface area contributed by atoms with Gasteiger partial charge in [0.05, 0.1) is 17.8 Å². The van der Waals surface area contributed by atoms with Gasteiger partial charge in [0.1, 0.15) is 0 Å². The minimum absolute atomic E-state index is 0.0657. The number of anilines is 2. The first-order valence-electron chi connectivity index (χ1n) is 10.1. The van der Waals surface area contributed by atoms with Crippen LogP contribution in [0.25, 0.3) is 0 Å². The Kier molecular flexibility index (Phi) is 6.58. The van der Waals surface area contributed by atoms with Crippen LogP contribution >= 0.6 is 11.6 Å². The van der Waals surface area contributed by atoms with Gasteiger partial charge in [0.25, 0.3) is 5.91 Å². The van der Waals surface area contributed by atoms with Crippen LogP contribution in [0, 0.1) is 0 Å². The molecule has 3 aromatic carbocycles. The van der Waals surface area contributed by atoms with Gasteiger partial charge in [0.2, 0.25) is 12.7 Å². The first-order valence-corrected chi connectivity index (χ1v) is 10.5. The number of hydrogen-bond donors (Lipinski definition) is 3. The van der Waals surface area contributed by atoms with E-state index in [1.807, 2.05) is 25.1 Å². The number of amides is 2. The maximum absolute atomic E-state index is 12.8. The zero-order valence-electron chi connectivity index (χ0n) is 17.4. The molecule has 1 unspecified atom stereocenters. The summed E-state index contributed by atoms with van der Waals surface area (Å²) in [5.41, 5.74) is 2.32. The minimum Gasteiger partial charge on any atom is -0.454 e. The second-order valence-electron chi connectivity index (χ2n) is 7.27. The molecule has 1 atom stereocenters. The van der Waals surface area contributed by atoms with Gasteiger partial charge in [-0.05, 0) is 48.9 Å². The van der Waals surface area contributed by atoms with Gasteiger partial charge in [-0.2, -0.15) is 0 Å². The summed E-state index contributed by atoms with van der Waals surface area (Å²) in [6, 6.07) is 19.4. The zero-order valence-corrected chi connectivity index (χ0v) is 18.1. The van der Waals surface area contributed by atoms with Gasteiger partial charge in [0, 0.05) is 22.8 Å². The highest BCUT2D eigenvalue weighted by Crippen LogP contribution is 2.34. The molecule has 4 rings (SSSR count). The van der Waals surface area contributed by atoms with Gasteiger partial charge in [-0.25, -0.2) is 0 Å². The Labute approximate surface area is 190 Å². The number of halogens is 1. The molecule has 0 saturated carbocycles. The summed E-state index contributed by atoms with van der Waals surface area (Å²) in [6.07, 6.45) is 0. The van der Waals surface area contributed by atoms with Crippen molar-refractivity contribution in [2.24, 2.45) is 0 Å². The standard InChI is InChI=1S/C24H22ClN3O4/c1-15(16-5-4-6-17(25)11-16)26-13-23(29)28-20-8-3-2-7-19(20)24(30)27-18-9-10-21-22(12-18)32-14-31-21/h2-12,15,26H,13-14H2,1H3,(H,27,30)(H,28,29). The molecular formula is C24H22ClN3O4. The summed E-state index contributed by atoms with van der Waals surface area (Å²) < 4.78 is 10.6. The van der Waals surface area contributed by atoms with Crippen LogP contribution in [0.2, 0.25) is 5.02 Å². The Morgan fingerprint density at radius 3 is 2.62 bits per heavy atom. The van der Waals surface area contributed by atoms with E-state index in [2.05, 4.69) is 16.0 Å². The van der Waals surface area contributed by atoms with E-state index in [1.54, 1.807) is 48.5 Å². The van der Waals surface area contributed by atoms with E-state index in [9.17, 15) is 9.59 Å². The molecule has 0 aromatic heterocycles. The quantitative estimate of drug-likeness (QED) is 0.488. The largest absolute Gasteiger partial charge is 0.454 e. The highest BCUT2D eigenvalue weighted by molar-refractivity contribution is 6.30. The van der Waals surface area contributed by atoms with Crippen LogP contribution in [0.3, 0.4) is 0 Å². The van der Waals surface area contributed by atoms with Gasteiger partial charge >= 0.3 is 0 Å². The first kappa shape index (κ1) is 21.7. The Balaban J connectivity index is 1.38. The van der Waals surface area contributed by atoms with Crippen molar-refractivity contribution in [3.8, 4) is 11.5 Å². The third-order valence-electron chi connectivity index (χ3n) is 4.99. The van der Waals surface area contributed by atoms with Crippen LogP contribution in [-0.4, -0.2) is 25.2 Å². The normalized spacial score (nSPS) is 12.8. The fourth-order valence-corrected chi connectivity index (χ4v) is 3.50. The van der Waals surface area contributed by atoms with Gasteiger partial charge < -0.3 is 25.4 Å². The van der Waals surface area contributed by atoms with E-state index in [1.165, 1.54) is 0 Å². The van der Waals surface area contributed by atoms with Crippen molar-refractivity contribution in [2.45, 2.75) is 13.0 Å². The molecule has 32 heavy (non-hydrogen) atoms. The first-order chi connectivity index (χ1) is 15.5. The molecule has 0 aliphatic carbocycles. The molecule has 0 radical (unpaired) electrons. The average Bonchev–Trinajstić information content (AvgIpc) is 3.25. The highest BCUT2D eigenvalue weighted by atomic mass is 35.5. The molecule has 0 fully saturated rings. The van der Waals surface area contributed by atoms with Crippen LogP contribution < -0.4 is 25.4 Å². The lowest BCUT2D eigenvalue weighted by Gasteiger charge is -2.15. The number of benzene rings is 3. The van der Waals surface area contributed by atoms with Gasteiger partial charge in [-0.3, -0.25) is 9.59 Å².